The lowest BCUT2D eigenvalue weighted by molar-refractivity contribution is 0.313. The Bertz CT molecular complexity index is 194. The zero-order chi connectivity index (χ0) is 9.36. The van der Waals surface area contributed by atoms with Crippen LogP contribution in [-0.2, 0) is 0 Å². The monoisotopic (exact) mass is 198 g/mol. The largest absolute Gasteiger partial charge is 0.484 e. The molecular weight excluding hydrogens is 180 g/mol. The van der Waals surface area contributed by atoms with Crippen LogP contribution in [0.15, 0.2) is 17.5 Å². The van der Waals surface area contributed by atoms with Gasteiger partial charge in [0.1, 0.15) is 0 Å². The highest BCUT2D eigenvalue weighted by atomic mass is 32.1. The molecule has 0 aliphatic rings. The predicted octanol–water partition coefficient (Wildman–Crippen LogP) is 4.10. The molecule has 2 heteroatoms. The van der Waals surface area contributed by atoms with Gasteiger partial charge in [0, 0.05) is 0 Å². The number of ether oxygens (including phenoxy) is 1. The molecule has 1 heterocycles. The van der Waals surface area contributed by atoms with Crippen LogP contribution in [0, 0.1) is 0 Å². The first kappa shape index (κ1) is 10.6. The van der Waals surface area contributed by atoms with E-state index >= 15 is 0 Å². The molecule has 1 aromatic rings. The van der Waals surface area contributed by atoms with E-state index < -0.39 is 0 Å². The number of hydrogen-bond acceptors (Lipinski definition) is 2. The highest BCUT2D eigenvalue weighted by molar-refractivity contribution is 7.11. The Labute approximate surface area is 84.7 Å². The Hall–Kier alpha value is -0.500. The Morgan fingerprint density at radius 2 is 2.08 bits per heavy atom. The Morgan fingerprint density at radius 1 is 1.23 bits per heavy atom. The second-order valence-corrected chi connectivity index (χ2v) is 4.10. The van der Waals surface area contributed by atoms with Crippen LogP contribution < -0.4 is 4.74 Å². The molecule has 0 aromatic carbocycles. The van der Waals surface area contributed by atoms with Gasteiger partial charge in [-0.15, -0.1) is 11.3 Å². The predicted molar refractivity (Wildman–Crippen MR) is 58.6 cm³/mol. The number of hydrogen-bond donors (Lipinski definition) is 0. The van der Waals surface area contributed by atoms with E-state index in [1.54, 1.807) is 11.3 Å². The lowest BCUT2D eigenvalue weighted by Crippen LogP contribution is -1.95. The topological polar surface area (TPSA) is 9.23 Å². The van der Waals surface area contributed by atoms with Gasteiger partial charge in [-0.2, -0.15) is 0 Å². The van der Waals surface area contributed by atoms with E-state index in [-0.39, 0.29) is 0 Å². The molecule has 1 rings (SSSR count). The fourth-order valence-corrected chi connectivity index (χ4v) is 1.82. The average molecular weight is 198 g/mol. The van der Waals surface area contributed by atoms with Gasteiger partial charge < -0.3 is 4.74 Å². The van der Waals surface area contributed by atoms with Crippen molar-refractivity contribution in [2.75, 3.05) is 6.61 Å². The average Bonchev–Trinajstić information content (AvgIpc) is 2.63. The summed E-state index contributed by atoms with van der Waals surface area (Å²) in [6.07, 6.45) is 6.52. The molecule has 0 bridgehead atoms. The molecule has 0 atom stereocenters. The normalized spacial score (nSPS) is 10.2. The second kappa shape index (κ2) is 6.96. The summed E-state index contributed by atoms with van der Waals surface area (Å²) < 4.78 is 5.54. The molecule has 0 N–H and O–H groups in total. The van der Waals surface area contributed by atoms with Crippen LogP contribution in [0.4, 0.5) is 0 Å². The minimum Gasteiger partial charge on any atom is -0.484 e. The van der Waals surface area contributed by atoms with Crippen molar-refractivity contribution in [3.05, 3.63) is 17.5 Å². The fourth-order valence-electron chi connectivity index (χ4n) is 1.22. The maximum Gasteiger partial charge on any atom is 0.173 e. The van der Waals surface area contributed by atoms with Crippen molar-refractivity contribution in [1.82, 2.24) is 0 Å². The maximum absolute atomic E-state index is 5.54. The van der Waals surface area contributed by atoms with Gasteiger partial charge in [0.05, 0.1) is 6.61 Å². The van der Waals surface area contributed by atoms with Crippen molar-refractivity contribution in [3.8, 4) is 5.06 Å². The number of thiophene rings is 1. The molecule has 0 fully saturated rings. The lowest BCUT2D eigenvalue weighted by atomic mass is 10.2. The first-order chi connectivity index (χ1) is 6.43. The molecule has 1 aromatic heterocycles. The summed E-state index contributed by atoms with van der Waals surface area (Å²) >= 11 is 1.67. The first-order valence-corrected chi connectivity index (χ1v) is 5.97. The van der Waals surface area contributed by atoms with E-state index in [1.165, 1.54) is 32.1 Å². The second-order valence-electron chi connectivity index (χ2n) is 3.19. The van der Waals surface area contributed by atoms with E-state index in [9.17, 15) is 0 Å². The van der Waals surface area contributed by atoms with Gasteiger partial charge in [-0.25, -0.2) is 0 Å². The molecular formula is C11H18OS. The summed E-state index contributed by atoms with van der Waals surface area (Å²) in [5.74, 6) is 0. The van der Waals surface area contributed by atoms with Gasteiger partial charge in [0.15, 0.2) is 5.06 Å². The fraction of sp³-hybridized carbons (Fsp3) is 0.636. The van der Waals surface area contributed by atoms with Crippen LogP contribution in [0.3, 0.4) is 0 Å². The van der Waals surface area contributed by atoms with E-state index in [0.29, 0.717) is 0 Å². The molecule has 0 saturated carbocycles. The summed E-state index contributed by atoms with van der Waals surface area (Å²) in [6.45, 7) is 3.12. The van der Waals surface area contributed by atoms with Gasteiger partial charge in [-0.3, -0.25) is 0 Å². The van der Waals surface area contributed by atoms with Crippen LogP contribution in [0.5, 0.6) is 5.06 Å². The molecule has 1 nitrogen and oxygen atoms in total. The maximum atomic E-state index is 5.54. The van der Waals surface area contributed by atoms with Gasteiger partial charge in [0.25, 0.3) is 0 Å². The first-order valence-electron chi connectivity index (χ1n) is 5.10. The third kappa shape index (κ3) is 4.94. The van der Waals surface area contributed by atoms with Crippen molar-refractivity contribution in [2.45, 2.75) is 39.0 Å². The minimum atomic E-state index is 0.879. The van der Waals surface area contributed by atoms with Crippen molar-refractivity contribution in [3.63, 3.8) is 0 Å². The molecule has 0 radical (unpaired) electrons. The highest BCUT2D eigenvalue weighted by Crippen LogP contribution is 2.18. The molecule has 0 unspecified atom stereocenters. The van der Waals surface area contributed by atoms with Crippen molar-refractivity contribution < 1.29 is 4.74 Å². The number of unbranched alkanes of at least 4 members (excludes halogenated alkanes) is 4. The van der Waals surface area contributed by atoms with E-state index in [0.717, 1.165) is 11.7 Å². The van der Waals surface area contributed by atoms with Gasteiger partial charge >= 0.3 is 0 Å². The van der Waals surface area contributed by atoms with Crippen LogP contribution in [0.25, 0.3) is 0 Å². The SMILES string of the molecule is CCCCCCCOc1cccs1. The molecule has 74 valence electrons. The highest BCUT2D eigenvalue weighted by Gasteiger charge is 1.93. The Morgan fingerprint density at radius 3 is 2.77 bits per heavy atom. The van der Waals surface area contributed by atoms with E-state index in [2.05, 4.69) is 6.92 Å². The zero-order valence-corrected chi connectivity index (χ0v) is 9.11. The Kier molecular flexibility index (Phi) is 5.66. The zero-order valence-electron chi connectivity index (χ0n) is 8.29. The molecule has 0 amide bonds. The summed E-state index contributed by atoms with van der Waals surface area (Å²) in [4.78, 5) is 0. The van der Waals surface area contributed by atoms with Crippen LogP contribution >= 0.6 is 11.3 Å². The smallest absolute Gasteiger partial charge is 0.173 e. The Balaban J connectivity index is 1.90. The third-order valence-corrected chi connectivity index (χ3v) is 2.77. The van der Waals surface area contributed by atoms with Crippen molar-refractivity contribution >= 4 is 11.3 Å². The van der Waals surface area contributed by atoms with Crippen LogP contribution in [0.1, 0.15) is 39.0 Å². The minimum absolute atomic E-state index is 0.879. The summed E-state index contributed by atoms with van der Waals surface area (Å²) in [7, 11) is 0. The van der Waals surface area contributed by atoms with Crippen molar-refractivity contribution in [1.29, 1.82) is 0 Å². The molecule has 0 aliphatic carbocycles. The van der Waals surface area contributed by atoms with Gasteiger partial charge in [0.2, 0.25) is 0 Å². The van der Waals surface area contributed by atoms with Gasteiger partial charge in [-0.1, -0.05) is 32.6 Å². The van der Waals surface area contributed by atoms with Crippen LogP contribution in [-0.4, -0.2) is 6.61 Å². The van der Waals surface area contributed by atoms with Crippen LogP contribution in [0.2, 0.25) is 0 Å². The lowest BCUT2D eigenvalue weighted by Gasteiger charge is -2.02. The summed E-state index contributed by atoms with van der Waals surface area (Å²) in [5.41, 5.74) is 0. The third-order valence-electron chi connectivity index (χ3n) is 1.99. The molecule has 0 aliphatic heterocycles. The van der Waals surface area contributed by atoms with E-state index in [4.69, 9.17) is 4.74 Å². The number of rotatable bonds is 7. The van der Waals surface area contributed by atoms with Crippen molar-refractivity contribution in [2.24, 2.45) is 0 Å². The molecule has 13 heavy (non-hydrogen) atoms. The van der Waals surface area contributed by atoms with Gasteiger partial charge in [-0.05, 0) is 23.9 Å². The summed E-state index contributed by atoms with van der Waals surface area (Å²) in [6, 6.07) is 4.05. The van der Waals surface area contributed by atoms with E-state index in [1.807, 2.05) is 17.5 Å². The molecule has 0 spiro atoms. The summed E-state index contributed by atoms with van der Waals surface area (Å²) in [5, 5.41) is 3.10. The standard InChI is InChI=1S/C11H18OS/c1-2-3-4-5-6-9-12-11-8-7-10-13-11/h7-8,10H,2-6,9H2,1H3. The molecule has 0 saturated heterocycles. The quantitative estimate of drug-likeness (QED) is 0.599.